The molecule has 1 heterocycles. The van der Waals surface area contributed by atoms with Crippen molar-refractivity contribution in [3.63, 3.8) is 0 Å². The Labute approximate surface area is 127 Å². The van der Waals surface area contributed by atoms with Crippen LogP contribution in [0, 0.1) is 5.92 Å². The summed E-state index contributed by atoms with van der Waals surface area (Å²) >= 11 is 0. The molecule has 1 aliphatic carbocycles. The highest BCUT2D eigenvalue weighted by Crippen LogP contribution is 2.24. The van der Waals surface area contributed by atoms with E-state index in [0.717, 1.165) is 25.9 Å². The van der Waals surface area contributed by atoms with E-state index < -0.39 is 0 Å². The van der Waals surface area contributed by atoms with Crippen LogP contribution in [0.4, 0.5) is 0 Å². The van der Waals surface area contributed by atoms with Gasteiger partial charge in [-0.15, -0.1) is 0 Å². The number of hydrogen-bond donors (Lipinski definition) is 1. The number of rotatable bonds is 3. The third kappa shape index (κ3) is 3.29. The second-order valence-electron chi connectivity index (χ2n) is 6.71. The van der Waals surface area contributed by atoms with Gasteiger partial charge in [0.05, 0.1) is 6.42 Å². The minimum absolute atomic E-state index is 0.249. The summed E-state index contributed by atoms with van der Waals surface area (Å²) in [6.45, 7) is 3.82. The maximum absolute atomic E-state index is 12.4. The number of aryl methyl sites for hydroxylation is 2. The van der Waals surface area contributed by atoms with E-state index in [2.05, 4.69) is 25.1 Å². The number of fused-ring (bicyclic) bond motifs is 1. The highest BCUT2D eigenvalue weighted by Gasteiger charge is 2.24. The second kappa shape index (κ2) is 6.18. The summed E-state index contributed by atoms with van der Waals surface area (Å²) in [6, 6.07) is 6.85. The van der Waals surface area contributed by atoms with Gasteiger partial charge in [-0.1, -0.05) is 18.2 Å². The zero-order chi connectivity index (χ0) is 14.8. The molecule has 1 aromatic rings. The van der Waals surface area contributed by atoms with E-state index in [9.17, 15) is 4.79 Å². The molecule has 0 radical (unpaired) electrons. The molecule has 114 valence electrons. The summed E-state index contributed by atoms with van der Waals surface area (Å²) in [5.41, 5.74) is 10.1. The van der Waals surface area contributed by atoms with Crippen molar-refractivity contribution in [1.29, 1.82) is 0 Å². The van der Waals surface area contributed by atoms with Crippen molar-refractivity contribution in [2.24, 2.45) is 11.7 Å². The van der Waals surface area contributed by atoms with Gasteiger partial charge in [0.2, 0.25) is 5.91 Å². The molecular formula is C18H26N2O. The monoisotopic (exact) mass is 286 g/mol. The van der Waals surface area contributed by atoms with E-state index in [1.165, 1.54) is 36.0 Å². The van der Waals surface area contributed by atoms with Crippen LogP contribution >= 0.6 is 0 Å². The van der Waals surface area contributed by atoms with Crippen LogP contribution in [0.2, 0.25) is 0 Å². The molecule has 1 unspecified atom stereocenters. The van der Waals surface area contributed by atoms with Crippen molar-refractivity contribution in [1.82, 2.24) is 4.90 Å². The number of amides is 1. The van der Waals surface area contributed by atoms with Crippen molar-refractivity contribution >= 4 is 5.91 Å². The van der Waals surface area contributed by atoms with Gasteiger partial charge >= 0.3 is 0 Å². The van der Waals surface area contributed by atoms with E-state index >= 15 is 0 Å². The molecule has 1 amide bonds. The Morgan fingerprint density at radius 3 is 2.71 bits per heavy atom. The molecule has 0 bridgehead atoms. The van der Waals surface area contributed by atoms with Gasteiger partial charge in [0.15, 0.2) is 0 Å². The number of hydrogen-bond acceptors (Lipinski definition) is 2. The summed E-state index contributed by atoms with van der Waals surface area (Å²) < 4.78 is 0. The Hall–Kier alpha value is -1.35. The van der Waals surface area contributed by atoms with Gasteiger partial charge in [-0.3, -0.25) is 4.79 Å². The molecule has 21 heavy (non-hydrogen) atoms. The molecule has 1 aliphatic heterocycles. The van der Waals surface area contributed by atoms with Crippen LogP contribution in [0.1, 0.15) is 42.9 Å². The maximum Gasteiger partial charge on any atom is 0.226 e. The van der Waals surface area contributed by atoms with Crippen molar-refractivity contribution in [3.8, 4) is 0 Å². The van der Waals surface area contributed by atoms with Crippen molar-refractivity contribution < 1.29 is 4.79 Å². The lowest BCUT2D eigenvalue weighted by Gasteiger charge is -2.33. The van der Waals surface area contributed by atoms with Gasteiger partial charge in [0.25, 0.3) is 0 Å². The van der Waals surface area contributed by atoms with E-state index in [1.54, 1.807) is 0 Å². The van der Waals surface area contributed by atoms with Gasteiger partial charge < -0.3 is 10.6 Å². The van der Waals surface area contributed by atoms with Gasteiger partial charge in [-0.05, 0) is 61.6 Å². The largest absolute Gasteiger partial charge is 0.342 e. The van der Waals surface area contributed by atoms with Crippen LogP contribution in [-0.2, 0) is 24.1 Å². The Morgan fingerprint density at radius 2 is 2.00 bits per heavy atom. The first kappa shape index (κ1) is 14.6. The van der Waals surface area contributed by atoms with E-state index in [1.807, 2.05) is 4.90 Å². The van der Waals surface area contributed by atoms with E-state index in [0.29, 0.717) is 12.3 Å². The lowest BCUT2D eigenvalue weighted by molar-refractivity contribution is -0.131. The topological polar surface area (TPSA) is 46.3 Å². The highest BCUT2D eigenvalue weighted by atomic mass is 16.2. The standard InChI is InChI=1S/C18H26N2O/c1-13(19)15-7-9-20(10-8-15)18(21)12-14-5-6-16-3-2-4-17(16)11-14/h5-6,11,13,15H,2-4,7-10,12,19H2,1H3. The van der Waals surface area contributed by atoms with Crippen LogP contribution in [0.15, 0.2) is 18.2 Å². The molecule has 1 saturated heterocycles. The lowest BCUT2D eigenvalue weighted by atomic mass is 9.90. The van der Waals surface area contributed by atoms with Crippen LogP contribution < -0.4 is 5.73 Å². The zero-order valence-electron chi connectivity index (χ0n) is 13.0. The SMILES string of the molecule is CC(N)C1CCN(C(=O)Cc2ccc3c(c2)CCC3)CC1. The number of likely N-dealkylation sites (tertiary alicyclic amines) is 1. The fourth-order valence-electron chi connectivity index (χ4n) is 3.70. The number of nitrogens with two attached hydrogens (primary N) is 1. The lowest BCUT2D eigenvalue weighted by Crippen LogP contribution is -2.43. The fraction of sp³-hybridized carbons (Fsp3) is 0.611. The van der Waals surface area contributed by atoms with E-state index in [-0.39, 0.29) is 11.9 Å². The third-order valence-corrected chi connectivity index (χ3v) is 5.15. The average Bonchev–Trinajstić information content (AvgIpc) is 2.95. The van der Waals surface area contributed by atoms with Gasteiger partial charge in [-0.2, -0.15) is 0 Å². The number of carbonyl (C=O) groups is 1. The zero-order valence-corrected chi connectivity index (χ0v) is 13.0. The first-order valence-electron chi connectivity index (χ1n) is 8.27. The van der Waals surface area contributed by atoms with Gasteiger partial charge in [0, 0.05) is 19.1 Å². The molecule has 0 saturated carbocycles. The molecule has 1 aromatic carbocycles. The second-order valence-corrected chi connectivity index (χ2v) is 6.71. The van der Waals surface area contributed by atoms with E-state index in [4.69, 9.17) is 5.73 Å². The molecule has 3 rings (SSSR count). The summed E-state index contributed by atoms with van der Waals surface area (Å²) in [5, 5.41) is 0. The molecule has 1 fully saturated rings. The Balaban J connectivity index is 1.57. The third-order valence-electron chi connectivity index (χ3n) is 5.15. The maximum atomic E-state index is 12.4. The normalized spacial score (nSPS) is 20.4. The molecule has 3 nitrogen and oxygen atoms in total. The smallest absolute Gasteiger partial charge is 0.226 e. The number of nitrogens with zero attached hydrogens (tertiary/aromatic N) is 1. The summed E-state index contributed by atoms with van der Waals surface area (Å²) in [4.78, 5) is 14.5. The first-order valence-corrected chi connectivity index (χ1v) is 8.27. The Bertz CT molecular complexity index is 516. The first-order chi connectivity index (χ1) is 10.1. The molecule has 1 atom stereocenters. The molecular weight excluding hydrogens is 260 g/mol. The molecule has 2 aliphatic rings. The Kier molecular flexibility index (Phi) is 4.29. The van der Waals surface area contributed by atoms with Crippen LogP contribution in [-0.4, -0.2) is 29.9 Å². The van der Waals surface area contributed by atoms with Crippen molar-refractivity contribution in [2.75, 3.05) is 13.1 Å². The predicted molar refractivity (Wildman–Crippen MR) is 85.1 cm³/mol. The van der Waals surface area contributed by atoms with Gasteiger partial charge in [0.1, 0.15) is 0 Å². The van der Waals surface area contributed by atoms with Crippen molar-refractivity contribution in [2.45, 2.75) is 51.5 Å². The number of carbonyl (C=O) groups excluding carboxylic acids is 1. The van der Waals surface area contributed by atoms with Crippen LogP contribution in [0.3, 0.4) is 0 Å². The summed E-state index contributed by atoms with van der Waals surface area (Å²) in [7, 11) is 0. The quantitative estimate of drug-likeness (QED) is 0.927. The molecule has 0 spiro atoms. The fourth-order valence-corrected chi connectivity index (χ4v) is 3.70. The average molecular weight is 286 g/mol. The number of benzene rings is 1. The van der Waals surface area contributed by atoms with Crippen molar-refractivity contribution in [3.05, 3.63) is 34.9 Å². The predicted octanol–water partition coefficient (Wildman–Crippen LogP) is 2.30. The van der Waals surface area contributed by atoms with Crippen LogP contribution in [0.5, 0.6) is 0 Å². The number of piperidine rings is 1. The van der Waals surface area contributed by atoms with Gasteiger partial charge in [-0.25, -0.2) is 0 Å². The minimum Gasteiger partial charge on any atom is -0.342 e. The van der Waals surface area contributed by atoms with Crippen LogP contribution in [0.25, 0.3) is 0 Å². The highest BCUT2D eigenvalue weighted by molar-refractivity contribution is 5.79. The molecule has 3 heteroatoms. The Morgan fingerprint density at radius 1 is 1.29 bits per heavy atom. The summed E-state index contributed by atoms with van der Waals surface area (Å²) in [5.74, 6) is 0.852. The minimum atomic E-state index is 0.249. The molecule has 0 aromatic heterocycles. The molecule has 2 N–H and O–H groups in total. The summed E-state index contributed by atoms with van der Waals surface area (Å²) in [6.07, 6.45) is 6.29.